The number of halogens is 1. The first-order valence-electron chi connectivity index (χ1n) is 8.29. The number of hydrogen-bond acceptors (Lipinski definition) is 5. The van der Waals surface area contributed by atoms with Gasteiger partial charge in [-0.25, -0.2) is 4.68 Å². The minimum absolute atomic E-state index is 0. The minimum Gasteiger partial charge on any atom is -0.490 e. The number of benzene rings is 1. The van der Waals surface area contributed by atoms with Gasteiger partial charge in [-0.2, -0.15) is 5.10 Å². The molecule has 0 saturated heterocycles. The zero-order valence-corrected chi connectivity index (χ0v) is 16.0. The Morgan fingerprint density at radius 1 is 1.28 bits per heavy atom. The lowest BCUT2D eigenvalue weighted by atomic mass is 10.1. The first-order valence-corrected chi connectivity index (χ1v) is 8.29. The lowest BCUT2D eigenvalue weighted by Crippen LogP contribution is -2.19. The summed E-state index contributed by atoms with van der Waals surface area (Å²) in [5, 5.41) is 7.95. The Labute approximate surface area is 154 Å². The van der Waals surface area contributed by atoms with Gasteiger partial charge in [0.2, 0.25) is 5.88 Å². The van der Waals surface area contributed by atoms with Crippen molar-refractivity contribution in [2.75, 3.05) is 20.3 Å². The molecule has 0 amide bonds. The normalized spacial score (nSPS) is 14.4. The molecule has 1 aromatic carbocycles. The maximum Gasteiger partial charge on any atom is 0.216 e. The van der Waals surface area contributed by atoms with Crippen LogP contribution in [0.15, 0.2) is 18.2 Å². The van der Waals surface area contributed by atoms with Crippen LogP contribution in [0.2, 0.25) is 0 Å². The van der Waals surface area contributed by atoms with Gasteiger partial charge in [-0.05, 0) is 31.5 Å². The quantitative estimate of drug-likeness (QED) is 0.879. The third-order valence-electron chi connectivity index (χ3n) is 4.34. The van der Waals surface area contributed by atoms with Crippen LogP contribution in [0.3, 0.4) is 0 Å². The van der Waals surface area contributed by atoms with Crippen LogP contribution in [0.1, 0.15) is 36.2 Å². The summed E-state index contributed by atoms with van der Waals surface area (Å²) in [6.07, 6.45) is 0.915. The number of ether oxygens (including phenoxy) is 3. The maximum absolute atomic E-state index is 5.77. The van der Waals surface area contributed by atoms with Gasteiger partial charge >= 0.3 is 0 Å². The third-order valence-corrected chi connectivity index (χ3v) is 4.34. The summed E-state index contributed by atoms with van der Waals surface area (Å²) in [5.74, 6) is 2.45. The molecule has 0 aliphatic carbocycles. The molecule has 1 N–H and O–H groups in total. The summed E-state index contributed by atoms with van der Waals surface area (Å²) in [7, 11) is 3.57. The van der Waals surface area contributed by atoms with Crippen molar-refractivity contribution in [3.05, 3.63) is 35.0 Å². The van der Waals surface area contributed by atoms with E-state index in [1.807, 2.05) is 20.0 Å². The molecule has 7 heteroatoms. The van der Waals surface area contributed by atoms with Gasteiger partial charge in [0.15, 0.2) is 11.5 Å². The molecule has 1 aliphatic heterocycles. The molecule has 0 saturated carbocycles. The standard InChI is InChI=1S/C18H25N3O3.ClH/c1-12(19-11-15-13(2)20-21(3)18(15)22-4)14-6-7-16-17(10-14)24-9-5-8-23-16;/h6-7,10,12,19H,5,8-9,11H2,1-4H3;1H. The van der Waals surface area contributed by atoms with E-state index in [-0.39, 0.29) is 18.4 Å². The molecule has 1 unspecified atom stereocenters. The highest BCUT2D eigenvalue weighted by atomic mass is 35.5. The van der Waals surface area contributed by atoms with E-state index in [2.05, 4.69) is 29.5 Å². The van der Waals surface area contributed by atoms with Crippen molar-refractivity contribution >= 4 is 12.4 Å². The summed E-state index contributed by atoms with van der Waals surface area (Å²) in [4.78, 5) is 0. The van der Waals surface area contributed by atoms with Crippen molar-refractivity contribution in [1.29, 1.82) is 0 Å². The zero-order valence-electron chi connectivity index (χ0n) is 15.2. The van der Waals surface area contributed by atoms with Gasteiger partial charge in [0.1, 0.15) is 0 Å². The Morgan fingerprint density at radius 3 is 2.72 bits per heavy atom. The average molecular weight is 368 g/mol. The number of nitrogens with zero attached hydrogens (tertiary/aromatic N) is 2. The van der Waals surface area contributed by atoms with Gasteiger partial charge in [-0.3, -0.25) is 0 Å². The van der Waals surface area contributed by atoms with Crippen molar-refractivity contribution in [3.63, 3.8) is 0 Å². The Kier molecular flexibility index (Phi) is 6.56. The number of fused-ring (bicyclic) bond motifs is 1. The molecule has 3 rings (SSSR count). The molecule has 1 aliphatic rings. The molecule has 138 valence electrons. The van der Waals surface area contributed by atoms with Crippen LogP contribution in [0.25, 0.3) is 0 Å². The van der Waals surface area contributed by atoms with E-state index in [9.17, 15) is 0 Å². The predicted octanol–water partition coefficient (Wildman–Crippen LogP) is 3.17. The number of aryl methyl sites for hydroxylation is 2. The Bertz CT molecular complexity index is 718. The topological polar surface area (TPSA) is 57.5 Å². The minimum atomic E-state index is 0. The lowest BCUT2D eigenvalue weighted by Gasteiger charge is -2.17. The van der Waals surface area contributed by atoms with Gasteiger partial charge < -0.3 is 19.5 Å². The maximum atomic E-state index is 5.77. The Morgan fingerprint density at radius 2 is 2.00 bits per heavy atom. The molecule has 2 aromatic rings. The largest absolute Gasteiger partial charge is 0.490 e. The number of hydrogen-bond donors (Lipinski definition) is 1. The van der Waals surface area contributed by atoms with Gasteiger partial charge in [-0.15, -0.1) is 12.4 Å². The molecule has 0 radical (unpaired) electrons. The monoisotopic (exact) mass is 367 g/mol. The first-order chi connectivity index (χ1) is 11.6. The molecular weight excluding hydrogens is 342 g/mol. The fraction of sp³-hybridized carbons (Fsp3) is 0.500. The molecular formula is C18H26ClN3O3. The van der Waals surface area contributed by atoms with E-state index in [0.717, 1.165) is 35.1 Å². The van der Waals surface area contributed by atoms with Gasteiger partial charge in [0.25, 0.3) is 0 Å². The average Bonchev–Trinajstić information content (AvgIpc) is 2.75. The molecule has 0 spiro atoms. The molecule has 1 aromatic heterocycles. The Balaban J connectivity index is 0.00000225. The van der Waals surface area contributed by atoms with Crippen LogP contribution in [0.4, 0.5) is 0 Å². The first kappa shape index (κ1) is 19.4. The van der Waals surface area contributed by atoms with E-state index in [1.54, 1.807) is 11.8 Å². The third kappa shape index (κ3) is 4.19. The number of nitrogens with one attached hydrogen (secondary N) is 1. The van der Waals surface area contributed by atoms with Crippen LogP contribution in [-0.2, 0) is 13.6 Å². The van der Waals surface area contributed by atoms with Crippen molar-refractivity contribution in [1.82, 2.24) is 15.1 Å². The molecule has 2 heterocycles. The van der Waals surface area contributed by atoms with Crippen LogP contribution >= 0.6 is 12.4 Å². The summed E-state index contributed by atoms with van der Waals surface area (Å²) in [6, 6.07) is 6.31. The van der Waals surface area contributed by atoms with Crippen molar-refractivity contribution in [3.8, 4) is 17.4 Å². The summed E-state index contributed by atoms with van der Waals surface area (Å²) >= 11 is 0. The van der Waals surface area contributed by atoms with E-state index >= 15 is 0 Å². The van der Waals surface area contributed by atoms with Gasteiger partial charge in [-0.1, -0.05) is 6.07 Å². The highest BCUT2D eigenvalue weighted by Gasteiger charge is 2.17. The fourth-order valence-corrected chi connectivity index (χ4v) is 2.96. The second-order valence-corrected chi connectivity index (χ2v) is 6.06. The second kappa shape index (κ2) is 8.45. The fourth-order valence-electron chi connectivity index (χ4n) is 2.96. The molecule has 0 fully saturated rings. The summed E-state index contributed by atoms with van der Waals surface area (Å²) in [6.45, 7) is 6.23. The van der Waals surface area contributed by atoms with Crippen molar-refractivity contribution in [2.45, 2.75) is 32.9 Å². The van der Waals surface area contributed by atoms with Crippen LogP contribution in [0.5, 0.6) is 17.4 Å². The van der Waals surface area contributed by atoms with E-state index in [1.165, 1.54) is 5.56 Å². The molecule has 1 atom stereocenters. The number of methoxy groups -OCH3 is 1. The van der Waals surface area contributed by atoms with Gasteiger partial charge in [0.05, 0.1) is 31.6 Å². The second-order valence-electron chi connectivity index (χ2n) is 6.06. The molecule has 25 heavy (non-hydrogen) atoms. The van der Waals surface area contributed by atoms with E-state index in [4.69, 9.17) is 14.2 Å². The molecule has 0 bridgehead atoms. The van der Waals surface area contributed by atoms with Crippen molar-refractivity contribution in [2.24, 2.45) is 7.05 Å². The Hall–Kier alpha value is -1.92. The molecule has 6 nitrogen and oxygen atoms in total. The smallest absolute Gasteiger partial charge is 0.216 e. The highest BCUT2D eigenvalue weighted by Crippen LogP contribution is 2.32. The van der Waals surface area contributed by atoms with Crippen LogP contribution in [-0.4, -0.2) is 30.1 Å². The number of rotatable bonds is 5. The van der Waals surface area contributed by atoms with Crippen LogP contribution in [0, 0.1) is 6.92 Å². The van der Waals surface area contributed by atoms with E-state index in [0.29, 0.717) is 19.8 Å². The predicted molar refractivity (Wildman–Crippen MR) is 99.0 cm³/mol. The zero-order chi connectivity index (χ0) is 17.1. The summed E-state index contributed by atoms with van der Waals surface area (Å²) in [5.41, 5.74) is 3.23. The van der Waals surface area contributed by atoms with Crippen LogP contribution < -0.4 is 19.5 Å². The highest BCUT2D eigenvalue weighted by molar-refractivity contribution is 5.85. The van der Waals surface area contributed by atoms with Gasteiger partial charge in [0, 0.05) is 26.1 Å². The van der Waals surface area contributed by atoms with Crippen molar-refractivity contribution < 1.29 is 14.2 Å². The van der Waals surface area contributed by atoms with E-state index < -0.39 is 0 Å². The SMILES string of the molecule is COc1c(CNC(C)c2ccc3c(c2)OCCCO3)c(C)nn1C.Cl. The lowest BCUT2D eigenvalue weighted by molar-refractivity contribution is 0.297. The number of aromatic nitrogens is 2. The summed E-state index contributed by atoms with van der Waals surface area (Å²) < 4.78 is 18.7.